The molecule has 1 fully saturated rings. The van der Waals surface area contributed by atoms with Crippen molar-refractivity contribution < 1.29 is 19.0 Å². The molecule has 1 aromatic heterocycles. The maximum Gasteiger partial charge on any atom is 0.330 e. The molecule has 2 heterocycles. The quantitative estimate of drug-likeness (QED) is 0.729. The summed E-state index contributed by atoms with van der Waals surface area (Å²) < 4.78 is 15.2. The van der Waals surface area contributed by atoms with Crippen molar-refractivity contribution in [2.45, 2.75) is 6.04 Å². The van der Waals surface area contributed by atoms with Gasteiger partial charge in [0.05, 0.1) is 27.4 Å². The minimum Gasteiger partial charge on any atom is -0.481 e. The summed E-state index contributed by atoms with van der Waals surface area (Å²) in [6, 6.07) is 4.98. The van der Waals surface area contributed by atoms with Crippen molar-refractivity contribution in [2.24, 2.45) is 0 Å². The van der Waals surface area contributed by atoms with Crippen LogP contribution in [0.2, 0.25) is 0 Å². The number of carbonyl (C=O) groups excluding carboxylic acids is 1. The molecular weight excluding hydrogens is 236 g/mol. The zero-order chi connectivity index (χ0) is 13.0. The molecule has 1 aromatic rings. The molecule has 18 heavy (non-hydrogen) atoms. The molecule has 0 radical (unpaired) electrons. The maximum atomic E-state index is 11.7. The van der Waals surface area contributed by atoms with Crippen LogP contribution in [-0.4, -0.2) is 51.0 Å². The van der Waals surface area contributed by atoms with Gasteiger partial charge in [0.1, 0.15) is 5.82 Å². The average molecular weight is 252 g/mol. The van der Waals surface area contributed by atoms with E-state index in [1.807, 2.05) is 17.0 Å². The summed E-state index contributed by atoms with van der Waals surface area (Å²) in [7, 11) is 2.93. The number of anilines is 1. The summed E-state index contributed by atoms with van der Waals surface area (Å²) >= 11 is 0. The molecule has 0 N–H and O–H groups in total. The lowest BCUT2D eigenvalue weighted by molar-refractivity contribution is -0.144. The van der Waals surface area contributed by atoms with Crippen LogP contribution in [0.1, 0.15) is 0 Å². The fourth-order valence-electron chi connectivity index (χ4n) is 1.89. The van der Waals surface area contributed by atoms with E-state index in [-0.39, 0.29) is 5.97 Å². The minimum atomic E-state index is -0.455. The maximum absolute atomic E-state index is 11.7. The van der Waals surface area contributed by atoms with Crippen LogP contribution in [0.25, 0.3) is 0 Å². The van der Waals surface area contributed by atoms with Crippen LogP contribution in [0.4, 0.5) is 5.82 Å². The van der Waals surface area contributed by atoms with Crippen LogP contribution < -0.4 is 9.64 Å². The number of ether oxygens (including phenoxy) is 3. The first kappa shape index (κ1) is 12.6. The Bertz CT molecular complexity index is 424. The predicted octanol–water partition coefficient (Wildman–Crippen LogP) is 0.468. The van der Waals surface area contributed by atoms with E-state index in [9.17, 15) is 4.79 Å². The number of morpholine rings is 1. The van der Waals surface area contributed by atoms with Crippen LogP contribution in [-0.2, 0) is 14.3 Å². The summed E-state index contributed by atoms with van der Waals surface area (Å²) in [4.78, 5) is 17.9. The molecule has 0 amide bonds. The second kappa shape index (κ2) is 5.68. The molecule has 0 bridgehead atoms. The molecule has 0 saturated carbocycles. The largest absolute Gasteiger partial charge is 0.481 e. The first-order valence-corrected chi connectivity index (χ1v) is 5.69. The van der Waals surface area contributed by atoms with E-state index in [0.717, 1.165) is 0 Å². The highest BCUT2D eigenvalue weighted by Gasteiger charge is 2.31. The number of aromatic nitrogens is 1. The summed E-state index contributed by atoms with van der Waals surface area (Å²) in [6.45, 7) is 1.47. The van der Waals surface area contributed by atoms with Crippen molar-refractivity contribution in [3.05, 3.63) is 18.2 Å². The van der Waals surface area contributed by atoms with Crippen LogP contribution >= 0.6 is 0 Å². The molecule has 1 aliphatic heterocycles. The number of hydrogen-bond donors (Lipinski definition) is 0. The van der Waals surface area contributed by atoms with E-state index in [2.05, 4.69) is 4.98 Å². The molecule has 98 valence electrons. The van der Waals surface area contributed by atoms with E-state index >= 15 is 0 Å². The minimum absolute atomic E-state index is 0.311. The Labute approximate surface area is 105 Å². The average Bonchev–Trinajstić information content (AvgIpc) is 2.46. The van der Waals surface area contributed by atoms with Gasteiger partial charge >= 0.3 is 5.97 Å². The van der Waals surface area contributed by atoms with Crippen molar-refractivity contribution in [3.63, 3.8) is 0 Å². The van der Waals surface area contributed by atoms with Gasteiger partial charge in [-0.25, -0.2) is 4.79 Å². The first-order chi connectivity index (χ1) is 8.76. The lowest BCUT2D eigenvalue weighted by Gasteiger charge is -2.34. The summed E-state index contributed by atoms with van der Waals surface area (Å²) in [5, 5.41) is 0. The standard InChI is InChI=1S/C12H16N2O4/c1-16-11-5-3-4-10(13-11)14-6-7-18-8-9(14)12(15)17-2/h3-5,9H,6-8H2,1-2H3. The molecule has 0 aromatic carbocycles. The van der Waals surface area contributed by atoms with Gasteiger partial charge in [-0.2, -0.15) is 4.98 Å². The highest BCUT2D eigenvalue weighted by molar-refractivity contribution is 5.80. The van der Waals surface area contributed by atoms with E-state index in [4.69, 9.17) is 14.2 Å². The van der Waals surface area contributed by atoms with Gasteiger partial charge in [-0.3, -0.25) is 0 Å². The molecule has 1 saturated heterocycles. The zero-order valence-electron chi connectivity index (χ0n) is 10.5. The fourth-order valence-corrected chi connectivity index (χ4v) is 1.89. The fraction of sp³-hybridized carbons (Fsp3) is 0.500. The number of rotatable bonds is 3. The third-order valence-electron chi connectivity index (χ3n) is 2.81. The molecule has 2 rings (SSSR count). The second-order valence-corrected chi connectivity index (χ2v) is 3.85. The van der Waals surface area contributed by atoms with Crippen LogP contribution in [0.15, 0.2) is 18.2 Å². The Balaban J connectivity index is 2.24. The number of nitrogens with zero attached hydrogens (tertiary/aromatic N) is 2. The highest BCUT2D eigenvalue weighted by Crippen LogP contribution is 2.20. The van der Waals surface area contributed by atoms with Gasteiger partial charge in [-0.1, -0.05) is 6.07 Å². The number of hydrogen-bond acceptors (Lipinski definition) is 6. The van der Waals surface area contributed by atoms with Gasteiger partial charge in [0.15, 0.2) is 6.04 Å². The Hall–Kier alpha value is -1.82. The van der Waals surface area contributed by atoms with Crippen molar-refractivity contribution in [2.75, 3.05) is 38.9 Å². The van der Waals surface area contributed by atoms with Crippen LogP contribution in [0.5, 0.6) is 5.88 Å². The van der Waals surface area contributed by atoms with Gasteiger partial charge in [0.25, 0.3) is 0 Å². The Kier molecular flexibility index (Phi) is 3.99. The lowest BCUT2D eigenvalue weighted by Crippen LogP contribution is -2.51. The molecule has 0 aliphatic carbocycles. The van der Waals surface area contributed by atoms with Crippen LogP contribution in [0, 0.1) is 0 Å². The third kappa shape index (κ3) is 2.53. The van der Waals surface area contributed by atoms with E-state index in [1.54, 1.807) is 13.2 Å². The number of esters is 1. The molecule has 1 aliphatic rings. The summed E-state index contributed by atoms with van der Waals surface area (Å²) in [5.74, 6) is 0.884. The summed E-state index contributed by atoms with van der Waals surface area (Å²) in [6.07, 6.45) is 0. The SMILES string of the molecule is COC(=O)C1COCCN1c1cccc(OC)n1. The third-order valence-corrected chi connectivity index (χ3v) is 2.81. The van der Waals surface area contributed by atoms with E-state index < -0.39 is 6.04 Å². The van der Waals surface area contributed by atoms with Crippen molar-refractivity contribution >= 4 is 11.8 Å². The van der Waals surface area contributed by atoms with E-state index in [0.29, 0.717) is 31.5 Å². The molecular formula is C12H16N2O4. The molecule has 6 heteroatoms. The highest BCUT2D eigenvalue weighted by atomic mass is 16.5. The molecule has 1 atom stereocenters. The molecule has 6 nitrogen and oxygen atoms in total. The number of pyridine rings is 1. The summed E-state index contributed by atoms with van der Waals surface area (Å²) in [5.41, 5.74) is 0. The smallest absolute Gasteiger partial charge is 0.330 e. The van der Waals surface area contributed by atoms with Gasteiger partial charge in [-0.05, 0) is 6.07 Å². The van der Waals surface area contributed by atoms with Crippen molar-refractivity contribution in [1.82, 2.24) is 4.98 Å². The van der Waals surface area contributed by atoms with Gasteiger partial charge in [0.2, 0.25) is 5.88 Å². The number of carbonyl (C=O) groups is 1. The van der Waals surface area contributed by atoms with Gasteiger partial charge < -0.3 is 19.1 Å². The normalized spacial score (nSPS) is 19.4. The lowest BCUT2D eigenvalue weighted by atomic mass is 10.2. The second-order valence-electron chi connectivity index (χ2n) is 3.85. The monoisotopic (exact) mass is 252 g/mol. The van der Waals surface area contributed by atoms with E-state index in [1.165, 1.54) is 7.11 Å². The Morgan fingerprint density at radius 1 is 1.50 bits per heavy atom. The predicted molar refractivity (Wildman–Crippen MR) is 64.8 cm³/mol. The van der Waals surface area contributed by atoms with Gasteiger partial charge in [-0.15, -0.1) is 0 Å². The Morgan fingerprint density at radius 3 is 3.06 bits per heavy atom. The van der Waals surface area contributed by atoms with Crippen molar-refractivity contribution in [3.8, 4) is 5.88 Å². The topological polar surface area (TPSA) is 60.9 Å². The van der Waals surface area contributed by atoms with Crippen molar-refractivity contribution in [1.29, 1.82) is 0 Å². The Morgan fingerprint density at radius 2 is 2.33 bits per heavy atom. The van der Waals surface area contributed by atoms with Crippen LogP contribution in [0.3, 0.4) is 0 Å². The number of methoxy groups -OCH3 is 2. The molecule has 1 unspecified atom stereocenters. The first-order valence-electron chi connectivity index (χ1n) is 5.69. The molecule has 0 spiro atoms. The zero-order valence-corrected chi connectivity index (χ0v) is 10.5. The van der Waals surface area contributed by atoms with Gasteiger partial charge in [0, 0.05) is 12.6 Å².